The third-order valence-electron chi connectivity index (χ3n) is 3.95. The van der Waals surface area contributed by atoms with Crippen LogP contribution in [0.2, 0.25) is 0 Å². The zero-order chi connectivity index (χ0) is 20.0. The predicted molar refractivity (Wildman–Crippen MR) is 97.9 cm³/mol. The molecule has 0 bridgehead atoms. The van der Waals surface area contributed by atoms with Crippen molar-refractivity contribution in [3.05, 3.63) is 35.9 Å². The SMILES string of the molecule is CC(C)[C@H](O)[C@@](C#N)(COC(=O)C(C)(C)C)NC(=O)Cc1ccccc1. The number of nitriles is 1. The molecule has 0 saturated heterocycles. The third-order valence-corrected chi connectivity index (χ3v) is 3.95. The van der Waals surface area contributed by atoms with Gasteiger partial charge in [0.25, 0.3) is 0 Å². The molecule has 0 saturated carbocycles. The summed E-state index contributed by atoms with van der Waals surface area (Å²) in [7, 11) is 0. The molecule has 0 spiro atoms. The first kappa shape index (κ1) is 21.7. The van der Waals surface area contributed by atoms with Crippen molar-refractivity contribution in [2.75, 3.05) is 6.61 Å². The highest BCUT2D eigenvalue weighted by Gasteiger charge is 2.43. The van der Waals surface area contributed by atoms with Crippen LogP contribution >= 0.6 is 0 Å². The van der Waals surface area contributed by atoms with Crippen molar-refractivity contribution < 1.29 is 19.4 Å². The maximum absolute atomic E-state index is 12.4. The van der Waals surface area contributed by atoms with Crippen molar-refractivity contribution in [2.45, 2.75) is 52.7 Å². The molecule has 1 aromatic carbocycles. The molecular formula is C20H28N2O4. The maximum atomic E-state index is 12.4. The van der Waals surface area contributed by atoms with Gasteiger partial charge < -0.3 is 15.2 Å². The Morgan fingerprint density at radius 3 is 2.27 bits per heavy atom. The summed E-state index contributed by atoms with van der Waals surface area (Å²) < 4.78 is 5.25. The van der Waals surface area contributed by atoms with E-state index < -0.39 is 35.5 Å². The Bertz CT molecular complexity index is 659. The van der Waals surface area contributed by atoms with Gasteiger partial charge in [-0.25, -0.2) is 0 Å². The summed E-state index contributed by atoms with van der Waals surface area (Å²) in [5.41, 5.74) is -1.68. The lowest BCUT2D eigenvalue weighted by Crippen LogP contribution is -2.61. The number of amides is 1. The first-order chi connectivity index (χ1) is 12.0. The molecule has 142 valence electrons. The monoisotopic (exact) mass is 360 g/mol. The molecule has 0 radical (unpaired) electrons. The molecule has 2 atom stereocenters. The van der Waals surface area contributed by atoms with E-state index in [2.05, 4.69) is 5.32 Å². The summed E-state index contributed by atoms with van der Waals surface area (Å²) in [6.45, 7) is 8.11. The topological polar surface area (TPSA) is 99.4 Å². The normalized spacial score (nSPS) is 14.8. The number of rotatable bonds is 7. The molecule has 0 aliphatic rings. The van der Waals surface area contributed by atoms with Gasteiger partial charge in [-0.2, -0.15) is 5.26 Å². The van der Waals surface area contributed by atoms with E-state index in [1.54, 1.807) is 46.8 Å². The number of esters is 1. The number of hydrogen-bond acceptors (Lipinski definition) is 5. The maximum Gasteiger partial charge on any atom is 0.311 e. The first-order valence-corrected chi connectivity index (χ1v) is 8.63. The van der Waals surface area contributed by atoms with Crippen molar-refractivity contribution >= 4 is 11.9 Å². The van der Waals surface area contributed by atoms with Crippen molar-refractivity contribution in [3.8, 4) is 6.07 Å². The molecule has 1 aromatic rings. The lowest BCUT2D eigenvalue weighted by molar-refractivity contribution is -0.157. The minimum Gasteiger partial charge on any atom is -0.462 e. The van der Waals surface area contributed by atoms with Gasteiger partial charge in [0.1, 0.15) is 6.61 Å². The Morgan fingerprint density at radius 1 is 1.23 bits per heavy atom. The van der Waals surface area contributed by atoms with Crippen molar-refractivity contribution in [2.24, 2.45) is 11.3 Å². The van der Waals surface area contributed by atoms with Crippen LogP contribution in [0.15, 0.2) is 30.3 Å². The molecule has 0 fully saturated rings. The molecule has 0 aliphatic heterocycles. The van der Waals surface area contributed by atoms with Crippen LogP contribution < -0.4 is 5.32 Å². The van der Waals surface area contributed by atoms with Gasteiger partial charge in [0, 0.05) is 0 Å². The molecule has 1 rings (SSSR count). The summed E-state index contributed by atoms with van der Waals surface area (Å²) in [6.07, 6.45) is -1.14. The van der Waals surface area contributed by atoms with E-state index in [0.29, 0.717) is 0 Å². The largest absolute Gasteiger partial charge is 0.462 e. The van der Waals surface area contributed by atoms with E-state index in [-0.39, 0.29) is 12.3 Å². The van der Waals surface area contributed by atoms with Crippen LogP contribution in [0, 0.1) is 22.7 Å². The molecule has 0 aromatic heterocycles. The van der Waals surface area contributed by atoms with Gasteiger partial charge in [0.05, 0.1) is 24.0 Å². The average Bonchev–Trinajstić information content (AvgIpc) is 2.57. The molecule has 6 nitrogen and oxygen atoms in total. The number of ether oxygens (including phenoxy) is 1. The standard InChI is InChI=1S/C20H28N2O4/c1-14(2)17(24)20(12-21,13-26-18(25)19(3,4)5)22-16(23)11-15-9-7-6-8-10-15/h6-10,14,17,24H,11,13H2,1-5H3,(H,22,23)/t17-,20+/m0/s1. The Hall–Kier alpha value is -2.39. The van der Waals surface area contributed by atoms with Gasteiger partial charge in [0.2, 0.25) is 5.91 Å². The predicted octanol–water partition coefficient (Wildman–Crippen LogP) is 2.21. The van der Waals surface area contributed by atoms with Crippen LogP contribution in [0.5, 0.6) is 0 Å². The fourth-order valence-electron chi connectivity index (χ4n) is 2.36. The van der Waals surface area contributed by atoms with Crippen molar-refractivity contribution in [1.29, 1.82) is 5.26 Å². The summed E-state index contributed by atoms with van der Waals surface area (Å²) in [5.74, 6) is -1.25. The smallest absolute Gasteiger partial charge is 0.311 e. The molecule has 1 amide bonds. The number of carbonyl (C=O) groups is 2. The number of nitrogens with one attached hydrogen (secondary N) is 1. The van der Waals surface area contributed by atoms with Gasteiger partial charge >= 0.3 is 5.97 Å². The van der Waals surface area contributed by atoms with Gasteiger partial charge in [-0.15, -0.1) is 0 Å². The number of nitrogens with zero attached hydrogens (tertiary/aromatic N) is 1. The Labute approximate surface area is 155 Å². The minimum atomic E-state index is -1.71. The van der Waals surface area contributed by atoms with Crippen molar-refractivity contribution in [1.82, 2.24) is 5.32 Å². The molecule has 2 N–H and O–H groups in total. The number of aliphatic hydroxyl groups is 1. The Balaban J connectivity index is 2.98. The van der Waals surface area contributed by atoms with Gasteiger partial charge in [-0.1, -0.05) is 44.2 Å². The molecule has 0 unspecified atom stereocenters. The van der Waals surface area contributed by atoms with Gasteiger partial charge in [-0.05, 0) is 32.3 Å². The second-order valence-electron chi connectivity index (χ2n) is 7.81. The van der Waals surface area contributed by atoms with E-state index in [9.17, 15) is 20.0 Å². The zero-order valence-electron chi connectivity index (χ0n) is 16.1. The minimum absolute atomic E-state index is 0.0578. The highest BCUT2D eigenvalue weighted by atomic mass is 16.5. The second-order valence-corrected chi connectivity index (χ2v) is 7.81. The van der Waals surface area contributed by atoms with Crippen molar-refractivity contribution in [3.63, 3.8) is 0 Å². The quantitative estimate of drug-likeness (QED) is 0.726. The van der Waals surface area contributed by atoms with E-state index in [4.69, 9.17) is 4.74 Å². The molecule has 0 aliphatic carbocycles. The number of benzene rings is 1. The molecule has 26 heavy (non-hydrogen) atoms. The molecular weight excluding hydrogens is 332 g/mol. The lowest BCUT2D eigenvalue weighted by Gasteiger charge is -2.34. The summed E-state index contributed by atoms with van der Waals surface area (Å²) in [5, 5.41) is 22.8. The van der Waals surface area contributed by atoms with Crippen LogP contribution in [-0.4, -0.2) is 35.2 Å². The van der Waals surface area contributed by atoms with Crippen LogP contribution in [-0.2, 0) is 20.7 Å². The number of hydrogen-bond donors (Lipinski definition) is 2. The zero-order valence-corrected chi connectivity index (χ0v) is 16.1. The number of aliphatic hydroxyl groups excluding tert-OH is 1. The highest BCUT2D eigenvalue weighted by molar-refractivity contribution is 5.80. The van der Waals surface area contributed by atoms with Crippen LogP contribution in [0.4, 0.5) is 0 Å². The highest BCUT2D eigenvalue weighted by Crippen LogP contribution is 2.22. The van der Waals surface area contributed by atoms with E-state index in [0.717, 1.165) is 5.56 Å². The summed E-state index contributed by atoms with van der Waals surface area (Å²) >= 11 is 0. The third kappa shape index (κ3) is 5.85. The van der Waals surface area contributed by atoms with E-state index >= 15 is 0 Å². The van der Waals surface area contributed by atoms with Gasteiger partial charge in [-0.3, -0.25) is 9.59 Å². The lowest BCUT2D eigenvalue weighted by atomic mass is 9.86. The fraction of sp³-hybridized carbons (Fsp3) is 0.550. The molecule has 0 heterocycles. The summed E-state index contributed by atoms with van der Waals surface area (Å²) in [4.78, 5) is 24.5. The summed E-state index contributed by atoms with van der Waals surface area (Å²) in [6, 6.07) is 11.0. The van der Waals surface area contributed by atoms with E-state index in [1.807, 2.05) is 24.3 Å². The average molecular weight is 360 g/mol. The Kier molecular flexibility index (Phi) is 7.34. The van der Waals surface area contributed by atoms with E-state index in [1.165, 1.54) is 0 Å². The Morgan fingerprint density at radius 2 is 1.81 bits per heavy atom. The fourth-order valence-corrected chi connectivity index (χ4v) is 2.36. The van der Waals surface area contributed by atoms with Crippen LogP contribution in [0.1, 0.15) is 40.2 Å². The number of carbonyl (C=O) groups excluding carboxylic acids is 2. The van der Waals surface area contributed by atoms with Gasteiger partial charge in [0.15, 0.2) is 5.54 Å². The van der Waals surface area contributed by atoms with Crippen LogP contribution in [0.3, 0.4) is 0 Å². The molecule has 6 heteroatoms. The first-order valence-electron chi connectivity index (χ1n) is 8.63. The van der Waals surface area contributed by atoms with Crippen LogP contribution in [0.25, 0.3) is 0 Å². The second kappa shape index (κ2) is 8.81.